The zero-order chi connectivity index (χ0) is 22.2. The molecule has 160 valence electrons. The molecule has 0 saturated carbocycles. The van der Waals surface area contributed by atoms with Gasteiger partial charge in [-0.1, -0.05) is 6.07 Å². The maximum atomic E-state index is 13.1. The van der Waals surface area contributed by atoms with Crippen molar-refractivity contribution >= 4 is 33.2 Å². The summed E-state index contributed by atoms with van der Waals surface area (Å²) in [6, 6.07) is 8.43. The van der Waals surface area contributed by atoms with Crippen molar-refractivity contribution in [2.45, 2.75) is 38.7 Å². The fourth-order valence-electron chi connectivity index (χ4n) is 3.10. The first kappa shape index (κ1) is 21.8. The number of fused-ring (bicyclic) bond motifs is 1. The molecular formula is C21H25N3O5S. The minimum atomic E-state index is -3.96. The van der Waals surface area contributed by atoms with Gasteiger partial charge in [0.15, 0.2) is 6.10 Å². The molecule has 1 aliphatic rings. The molecule has 1 heterocycles. The van der Waals surface area contributed by atoms with Crippen LogP contribution in [0.1, 0.15) is 23.6 Å². The van der Waals surface area contributed by atoms with E-state index in [1.165, 1.54) is 13.1 Å². The molecule has 2 aromatic carbocycles. The number of anilines is 2. The van der Waals surface area contributed by atoms with Gasteiger partial charge in [-0.15, -0.1) is 0 Å². The third-order valence-corrected chi connectivity index (χ3v) is 7.00. The number of benzene rings is 2. The van der Waals surface area contributed by atoms with Gasteiger partial charge in [-0.3, -0.25) is 9.59 Å². The summed E-state index contributed by atoms with van der Waals surface area (Å²) in [6.07, 6.45) is -0.725. The van der Waals surface area contributed by atoms with Crippen molar-refractivity contribution in [2.75, 3.05) is 24.2 Å². The number of amides is 2. The van der Waals surface area contributed by atoms with Gasteiger partial charge >= 0.3 is 0 Å². The molecule has 30 heavy (non-hydrogen) atoms. The third-order valence-electron chi connectivity index (χ3n) is 5.05. The van der Waals surface area contributed by atoms with Crippen LogP contribution in [-0.2, 0) is 19.6 Å². The van der Waals surface area contributed by atoms with Crippen molar-refractivity contribution in [3.63, 3.8) is 0 Å². The van der Waals surface area contributed by atoms with Gasteiger partial charge in [0, 0.05) is 18.8 Å². The molecular weight excluding hydrogens is 406 g/mol. The Balaban J connectivity index is 1.79. The first-order valence-corrected chi connectivity index (χ1v) is 10.9. The van der Waals surface area contributed by atoms with Gasteiger partial charge in [0.25, 0.3) is 5.91 Å². The minimum Gasteiger partial charge on any atom is -0.479 e. The average Bonchev–Trinajstić information content (AvgIpc) is 2.65. The molecule has 0 radical (unpaired) electrons. The van der Waals surface area contributed by atoms with Gasteiger partial charge in [0.1, 0.15) is 5.75 Å². The van der Waals surface area contributed by atoms with Crippen molar-refractivity contribution in [2.24, 2.45) is 0 Å². The highest BCUT2D eigenvalue weighted by molar-refractivity contribution is 7.89. The fourth-order valence-corrected chi connectivity index (χ4v) is 4.44. The predicted octanol–water partition coefficient (Wildman–Crippen LogP) is 2.59. The largest absolute Gasteiger partial charge is 0.479 e. The van der Waals surface area contributed by atoms with E-state index in [1.807, 2.05) is 26.0 Å². The average molecular weight is 432 g/mol. The van der Waals surface area contributed by atoms with Crippen molar-refractivity contribution in [1.29, 1.82) is 0 Å². The van der Waals surface area contributed by atoms with Crippen LogP contribution in [0.2, 0.25) is 0 Å². The predicted molar refractivity (Wildman–Crippen MR) is 114 cm³/mol. The molecule has 0 saturated heterocycles. The molecule has 1 aliphatic heterocycles. The zero-order valence-corrected chi connectivity index (χ0v) is 18.4. The molecule has 3 rings (SSSR count). The van der Waals surface area contributed by atoms with Crippen LogP contribution in [0.4, 0.5) is 11.4 Å². The van der Waals surface area contributed by atoms with Gasteiger partial charge < -0.3 is 15.4 Å². The summed E-state index contributed by atoms with van der Waals surface area (Å²) in [7, 11) is -2.61. The van der Waals surface area contributed by atoms with Crippen molar-refractivity contribution in [3.05, 3.63) is 47.0 Å². The number of nitrogens with one attached hydrogen (secondary N) is 2. The highest BCUT2D eigenvalue weighted by atomic mass is 32.2. The number of aryl methyl sites for hydroxylation is 3. The van der Waals surface area contributed by atoms with E-state index < -0.39 is 22.0 Å². The second-order valence-corrected chi connectivity index (χ2v) is 9.48. The maximum Gasteiger partial charge on any atom is 0.265 e. The molecule has 0 spiro atoms. The number of nitrogens with zero attached hydrogens (tertiary/aromatic N) is 1. The lowest BCUT2D eigenvalue weighted by molar-refractivity contribution is -0.122. The summed E-state index contributed by atoms with van der Waals surface area (Å²) in [5, 5.41) is 5.41. The first-order valence-electron chi connectivity index (χ1n) is 9.44. The number of likely N-dealkylation sites (N-methyl/N-ethyl adjacent to an activating group) is 1. The third kappa shape index (κ3) is 4.31. The van der Waals surface area contributed by atoms with Gasteiger partial charge in [0.2, 0.25) is 15.9 Å². The molecule has 2 N–H and O–H groups in total. The molecule has 1 atom stereocenters. The molecule has 0 fully saturated rings. The number of hydrogen-bond donors (Lipinski definition) is 2. The molecule has 8 nitrogen and oxygen atoms in total. The van der Waals surface area contributed by atoms with Crippen LogP contribution in [0.25, 0.3) is 0 Å². The topological polar surface area (TPSA) is 105 Å². The van der Waals surface area contributed by atoms with Crippen LogP contribution in [-0.4, -0.2) is 44.2 Å². The summed E-state index contributed by atoms with van der Waals surface area (Å²) in [5.74, 6) is -0.464. The van der Waals surface area contributed by atoms with Crippen LogP contribution in [0.15, 0.2) is 35.2 Å². The lowest BCUT2D eigenvalue weighted by Crippen LogP contribution is -2.36. The molecule has 2 amide bonds. The van der Waals surface area contributed by atoms with E-state index in [2.05, 4.69) is 10.6 Å². The smallest absolute Gasteiger partial charge is 0.265 e. The quantitative estimate of drug-likeness (QED) is 0.757. The van der Waals surface area contributed by atoms with Gasteiger partial charge in [-0.05, 0) is 62.6 Å². The highest BCUT2D eigenvalue weighted by Crippen LogP contribution is 2.35. The highest BCUT2D eigenvalue weighted by Gasteiger charge is 2.30. The van der Waals surface area contributed by atoms with E-state index in [4.69, 9.17) is 4.74 Å². The number of carbonyl (C=O) groups is 2. The first-order chi connectivity index (χ1) is 14.0. The Morgan fingerprint density at radius 3 is 2.50 bits per heavy atom. The van der Waals surface area contributed by atoms with E-state index in [9.17, 15) is 18.0 Å². The number of ether oxygens (including phenoxy) is 1. The van der Waals surface area contributed by atoms with Crippen LogP contribution < -0.4 is 15.4 Å². The monoisotopic (exact) mass is 431 g/mol. The molecule has 9 heteroatoms. The van der Waals surface area contributed by atoms with Crippen molar-refractivity contribution in [3.8, 4) is 5.75 Å². The Morgan fingerprint density at radius 2 is 1.83 bits per heavy atom. The summed E-state index contributed by atoms with van der Waals surface area (Å²) in [4.78, 5) is 24.2. The Hall–Kier alpha value is -2.91. The Labute approximate surface area is 176 Å². The number of carbonyl (C=O) groups excluding carboxylic acids is 2. The summed E-state index contributed by atoms with van der Waals surface area (Å²) >= 11 is 0. The van der Waals surface area contributed by atoms with Crippen molar-refractivity contribution in [1.82, 2.24) is 4.31 Å². The Kier molecular flexibility index (Phi) is 5.87. The fraction of sp³-hybridized carbons (Fsp3) is 0.333. The number of rotatable bonds is 5. The standard InChI is InChI=1S/C21H25N3O5S/c1-12-6-7-16(8-13(12)2)22-20(25)11-24(5)30(27,28)19-10-18-17(9-14(19)3)23-21(26)15(4)29-18/h6-10,15H,11H2,1-5H3,(H,22,25)(H,23,26)/t15-/m0/s1. The SMILES string of the molecule is Cc1ccc(NC(=O)CN(C)S(=O)(=O)c2cc3c(cc2C)NC(=O)[C@H](C)O3)cc1C. The van der Waals surface area contributed by atoms with Gasteiger partial charge in [-0.2, -0.15) is 4.31 Å². The van der Waals surface area contributed by atoms with E-state index in [-0.39, 0.29) is 23.1 Å². The van der Waals surface area contributed by atoms with Crippen LogP contribution in [0.3, 0.4) is 0 Å². The van der Waals surface area contributed by atoms with Gasteiger partial charge in [-0.25, -0.2) is 8.42 Å². The molecule has 0 unspecified atom stereocenters. The molecule has 0 aromatic heterocycles. The minimum absolute atomic E-state index is 0.0195. The summed E-state index contributed by atoms with van der Waals surface area (Å²) in [6.45, 7) is 6.76. The normalized spacial score (nSPS) is 15.9. The van der Waals surface area contributed by atoms with Crippen LogP contribution in [0.5, 0.6) is 5.75 Å². The lowest BCUT2D eigenvalue weighted by Gasteiger charge is -2.25. The van der Waals surface area contributed by atoms with E-state index in [0.29, 0.717) is 16.9 Å². The van der Waals surface area contributed by atoms with Crippen molar-refractivity contribution < 1.29 is 22.7 Å². The van der Waals surface area contributed by atoms with E-state index in [0.717, 1.165) is 15.4 Å². The zero-order valence-electron chi connectivity index (χ0n) is 17.6. The number of hydrogen-bond acceptors (Lipinski definition) is 5. The number of sulfonamides is 1. The second kappa shape index (κ2) is 8.08. The van der Waals surface area contributed by atoms with E-state index >= 15 is 0 Å². The summed E-state index contributed by atoms with van der Waals surface area (Å²) in [5.41, 5.74) is 3.60. The molecule has 2 aromatic rings. The second-order valence-electron chi connectivity index (χ2n) is 7.47. The Bertz CT molecular complexity index is 1130. The van der Waals surface area contributed by atoms with Crippen LogP contribution >= 0.6 is 0 Å². The maximum absolute atomic E-state index is 13.1. The van der Waals surface area contributed by atoms with Crippen LogP contribution in [0, 0.1) is 20.8 Å². The molecule has 0 bridgehead atoms. The Morgan fingerprint density at radius 1 is 1.13 bits per heavy atom. The van der Waals surface area contributed by atoms with Gasteiger partial charge in [0.05, 0.1) is 17.1 Å². The summed E-state index contributed by atoms with van der Waals surface area (Å²) < 4.78 is 32.7. The molecule has 0 aliphatic carbocycles. The lowest BCUT2D eigenvalue weighted by atomic mass is 10.1. The van der Waals surface area contributed by atoms with E-state index in [1.54, 1.807) is 26.0 Å².